The van der Waals surface area contributed by atoms with Crippen molar-refractivity contribution in [1.82, 2.24) is 9.80 Å². The van der Waals surface area contributed by atoms with Crippen LogP contribution in [0.25, 0.3) is 0 Å². The number of aliphatic hydroxyl groups is 1. The lowest BCUT2D eigenvalue weighted by atomic mass is 9.74. The molecule has 3 rings (SSSR count). The maximum absolute atomic E-state index is 13.3. The van der Waals surface area contributed by atoms with Crippen LogP contribution in [0, 0.1) is 16.7 Å². The Kier molecular flexibility index (Phi) is 5.11. The number of benzene rings is 1. The summed E-state index contributed by atoms with van der Waals surface area (Å²) >= 11 is 0. The lowest BCUT2D eigenvalue weighted by Gasteiger charge is -2.54. The van der Waals surface area contributed by atoms with Gasteiger partial charge in [0.25, 0.3) is 5.91 Å². The second kappa shape index (κ2) is 7.13. The smallest absolute Gasteiger partial charge is 0.251 e. The Morgan fingerprint density at radius 1 is 1.38 bits per heavy atom. The topological polar surface area (TPSA) is 154 Å². The molecule has 0 radical (unpaired) electrons. The zero-order valence-corrected chi connectivity index (χ0v) is 16.4. The molecule has 9 heteroatoms. The lowest BCUT2D eigenvalue weighted by Crippen LogP contribution is -2.77. The summed E-state index contributed by atoms with van der Waals surface area (Å²) in [5.41, 5.74) is 9.40. The van der Waals surface area contributed by atoms with Gasteiger partial charge in [-0.25, -0.2) is 0 Å². The third-order valence-corrected chi connectivity index (χ3v) is 5.97. The van der Waals surface area contributed by atoms with E-state index in [9.17, 15) is 24.8 Å². The SMILES string of the molecule is C[C@@H](O)[C@@H](C(N)=O)N1CC2(CC(C)(C#N)C(c3ccccc3)N2C(=O)CN)C1=O. The summed E-state index contributed by atoms with van der Waals surface area (Å²) in [4.78, 5) is 40.6. The molecule has 0 saturated carbocycles. The molecule has 3 amide bonds. The largest absolute Gasteiger partial charge is 0.391 e. The van der Waals surface area contributed by atoms with Crippen molar-refractivity contribution in [2.75, 3.05) is 13.1 Å². The van der Waals surface area contributed by atoms with Crippen LogP contribution in [0.15, 0.2) is 30.3 Å². The van der Waals surface area contributed by atoms with Gasteiger partial charge in [0.05, 0.1) is 36.7 Å². The molecule has 1 spiro atoms. The Morgan fingerprint density at radius 2 is 2.00 bits per heavy atom. The van der Waals surface area contributed by atoms with E-state index in [2.05, 4.69) is 6.07 Å². The third kappa shape index (κ3) is 2.96. The van der Waals surface area contributed by atoms with Crippen molar-refractivity contribution in [3.8, 4) is 6.07 Å². The molecule has 0 aromatic heterocycles. The number of nitrogens with two attached hydrogens (primary N) is 2. The fourth-order valence-electron chi connectivity index (χ4n) is 4.84. The molecule has 1 aromatic rings. The van der Waals surface area contributed by atoms with Crippen LogP contribution in [0.3, 0.4) is 0 Å². The fraction of sp³-hybridized carbons (Fsp3) is 0.500. The van der Waals surface area contributed by atoms with Crippen molar-refractivity contribution >= 4 is 17.7 Å². The molecule has 3 unspecified atom stereocenters. The number of rotatable bonds is 5. The van der Waals surface area contributed by atoms with Crippen LogP contribution in [-0.4, -0.2) is 63.4 Å². The van der Waals surface area contributed by atoms with Gasteiger partial charge in [-0.2, -0.15) is 5.26 Å². The number of nitriles is 1. The minimum atomic E-state index is -1.30. The van der Waals surface area contributed by atoms with E-state index in [1.165, 1.54) is 16.7 Å². The zero-order valence-electron chi connectivity index (χ0n) is 16.4. The van der Waals surface area contributed by atoms with Gasteiger partial charge in [0.15, 0.2) is 0 Å². The Bertz CT molecular complexity index is 883. The molecule has 154 valence electrons. The van der Waals surface area contributed by atoms with Gasteiger partial charge in [-0.05, 0) is 19.4 Å². The van der Waals surface area contributed by atoms with E-state index in [1.54, 1.807) is 31.2 Å². The van der Waals surface area contributed by atoms with Gasteiger partial charge in [0, 0.05) is 6.42 Å². The van der Waals surface area contributed by atoms with Crippen LogP contribution in [0.4, 0.5) is 0 Å². The summed E-state index contributed by atoms with van der Waals surface area (Å²) < 4.78 is 0. The number of carbonyl (C=O) groups is 3. The highest BCUT2D eigenvalue weighted by atomic mass is 16.3. The predicted molar refractivity (Wildman–Crippen MR) is 103 cm³/mol. The number of primary amides is 1. The van der Waals surface area contributed by atoms with E-state index in [0.717, 1.165) is 5.56 Å². The molecule has 2 aliphatic heterocycles. The highest BCUT2D eigenvalue weighted by Gasteiger charge is 2.70. The van der Waals surface area contributed by atoms with Crippen LogP contribution >= 0.6 is 0 Å². The first-order valence-electron chi connectivity index (χ1n) is 9.40. The van der Waals surface area contributed by atoms with Gasteiger partial charge in [0.2, 0.25) is 11.8 Å². The quantitative estimate of drug-likeness (QED) is 0.554. The number of aliphatic hydroxyl groups excluding tert-OH is 1. The van der Waals surface area contributed by atoms with Crippen LogP contribution in [0.1, 0.15) is 31.9 Å². The summed E-state index contributed by atoms with van der Waals surface area (Å²) in [5.74, 6) is -1.80. The molecule has 0 bridgehead atoms. The van der Waals surface area contributed by atoms with Crippen molar-refractivity contribution in [3.05, 3.63) is 35.9 Å². The number of hydrogen-bond acceptors (Lipinski definition) is 6. The van der Waals surface area contributed by atoms with Gasteiger partial charge in [-0.15, -0.1) is 0 Å². The Balaban J connectivity index is 2.08. The Labute approximate surface area is 168 Å². The van der Waals surface area contributed by atoms with Crippen molar-refractivity contribution in [2.45, 2.75) is 44.0 Å². The van der Waals surface area contributed by atoms with Gasteiger partial charge in [0.1, 0.15) is 11.6 Å². The summed E-state index contributed by atoms with van der Waals surface area (Å²) in [6.07, 6.45) is -1.07. The van der Waals surface area contributed by atoms with E-state index in [1.807, 2.05) is 6.07 Å². The highest BCUT2D eigenvalue weighted by Crippen LogP contribution is 2.57. The third-order valence-electron chi connectivity index (χ3n) is 5.97. The van der Waals surface area contributed by atoms with Gasteiger partial charge < -0.3 is 26.4 Å². The van der Waals surface area contributed by atoms with E-state index >= 15 is 0 Å². The van der Waals surface area contributed by atoms with E-state index in [4.69, 9.17) is 11.5 Å². The van der Waals surface area contributed by atoms with E-state index in [0.29, 0.717) is 0 Å². The predicted octanol–water partition coefficient (Wildman–Crippen LogP) is -0.736. The molecular formula is C20H25N5O4. The monoisotopic (exact) mass is 399 g/mol. The summed E-state index contributed by atoms with van der Waals surface area (Å²) in [7, 11) is 0. The number of amides is 3. The molecule has 5 atom stereocenters. The number of nitrogens with zero attached hydrogens (tertiary/aromatic N) is 3. The van der Waals surface area contributed by atoms with Gasteiger partial charge >= 0.3 is 0 Å². The second-order valence-electron chi connectivity index (χ2n) is 8.04. The molecule has 0 aliphatic carbocycles. The van der Waals surface area contributed by atoms with Crippen molar-refractivity contribution in [1.29, 1.82) is 5.26 Å². The second-order valence-corrected chi connectivity index (χ2v) is 8.04. The molecule has 29 heavy (non-hydrogen) atoms. The molecule has 1 aromatic carbocycles. The average Bonchev–Trinajstić information content (AvgIpc) is 2.98. The van der Waals surface area contributed by atoms with Crippen molar-refractivity contribution in [3.63, 3.8) is 0 Å². The maximum atomic E-state index is 13.3. The molecule has 2 saturated heterocycles. The standard InChI is InChI=1S/C20H25N5O4/c1-12(26)15(17(23)28)24-11-20(18(24)29)9-19(2,10-22)16(25(20)14(27)8-21)13-6-4-3-5-7-13/h3-7,12,15-16,26H,8-9,11,21H2,1-2H3,(H2,23,28)/t12-,15+,16?,19?,20?/m1/s1. The lowest BCUT2D eigenvalue weighted by molar-refractivity contribution is -0.177. The Morgan fingerprint density at radius 3 is 2.45 bits per heavy atom. The van der Waals surface area contributed by atoms with Crippen LogP contribution in [-0.2, 0) is 14.4 Å². The summed E-state index contributed by atoms with van der Waals surface area (Å²) in [5, 5.41) is 19.9. The van der Waals surface area contributed by atoms with Gasteiger partial charge in [-0.1, -0.05) is 30.3 Å². The molecular weight excluding hydrogens is 374 g/mol. The number of carbonyl (C=O) groups excluding carboxylic acids is 3. The first kappa shape index (κ1) is 20.8. The fourth-order valence-corrected chi connectivity index (χ4v) is 4.84. The molecule has 9 nitrogen and oxygen atoms in total. The zero-order chi connectivity index (χ0) is 21.6. The normalized spacial score (nSPS) is 30.6. The first-order valence-corrected chi connectivity index (χ1v) is 9.40. The highest BCUT2D eigenvalue weighted by molar-refractivity contribution is 6.01. The number of likely N-dealkylation sites (tertiary alicyclic amines) is 2. The molecule has 2 heterocycles. The van der Waals surface area contributed by atoms with E-state index < -0.39 is 46.9 Å². The molecule has 2 aliphatic rings. The molecule has 2 fully saturated rings. The maximum Gasteiger partial charge on any atom is 0.251 e. The summed E-state index contributed by atoms with van der Waals surface area (Å²) in [6, 6.07) is 9.44. The van der Waals surface area contributed by atoms with Crippen LogP contribution < -0.4 is 11.5 Å². The number of β-lactam (4-membered cyclic amide) rings is 1. The number of hydrogen-bond donors (Lipinski definition) is 3. The minimum Gasteiger partial charge on any atom is -0.391 e. The minimum absolute atomic E-state index is 0.00329. The van der Waals surface area contributed by atoms with Crippen molar-refractivity contribution < 1.29 is 19.5 Å². The Hall–Kier alpha value is -2.96. The van der Waals surface area contributed by atoms with Crippen LogP contribution in [0.2, 0.25) is 0 Å². The van der Waals surface area contributed by atoms with Crippen molar-refractivity contribution in [2.24, 2.45) is 16.9 Å². The average molecular weight is 399 g/mol. The molecule has 5 N–H and O–H groups in total. The summed E-state index contributed by atoms with van der Waals surface area (Å²) in [6.45, 7) is 2.76. The van der Waals surface area contributed by atoms with Crippen LogP contribution in [0.5, 0.6) is 0 Å². The van der Waals surface area contributed by atoms with E-state index in [-0.39, 0.29) is 19.5 Å². The van der Waals surface area contributed by atoms with Gasteiger partial charge in [-0.3, -0.25) is 14.4 Å². The first-order chi connectivity index (χ1) is 13.6.